The van der Waals surface area contributed by atoms with Crippen LogP contribution in [-0.4, -0.2) is 62.9 Å². The zero-order chi connectivity index (χ0) is 27.1. The molecule has 1 aliphatic heterocycles. The molecule has 3 aromatic heterocycles. The molecule has 0 amide bonds. The van der Waals surface area contributed by atoms with Crippen LogP contribution in [0, 0.1) is 6.92 Å². The number of hydrogen-bond acceptors (Lipinski definition) is 8. The molecule has 0 bridgehead atoms. The lowest BCUT2D eigenvalue weighted by atomic mass is 9.98. The first-order chi connectivity index (χ1) is 18.9. The summed E-state index contributed by atoms with van der Waals surface area (Å²) in [5.41, 5.74) is 3.59. The van der Waals surface area contributed by atoms with Crippen molar-refractivity contribution in [3.63, 3.8) is 0 Å². The summed E-state index contributed by atoms with van der Waals surface area (Å²) in [5, 5.41) is 15.3. The van der Waals surface area contributed by atoms with Crippen molar-refractivity contribution in [1.82, 2.24) is 24.4 Å². The molecule has 1 unspecified atom stereocenters. The lowest BCUT2D eigenvalue weighted by Gasteiger charge is -2.29. The zero-order valence-corrected chi connectivity index (χ0v) is 23.1. The van der Waals surface area contributed by atoms with Crippen LogP contribution in [-0.2, 0) is 12.0 Å². The lowest BCUT2D eigenvalue weighted by Crippen LogP contribution is -2.35. The van der Waals surface area contributed by atoms with Crippen LogP contribution < -0.4 is 14.8 Å². The van der Waals surface area contributed by atoms with E-state index in [1.165, 1.54) is 0 Å². The fourth-order valence-electron chi connectivity index (χ4n) is 5.73. The number of aryl methyl sites for hydroxylation is 2. The van der Waals surface area contributed by atoms with Crippen molar-refractivity contribution in [2.45, 2.75) is 57.7 Å². The van der Waals surface area contributed by atoms with Crippen LogP contribution in [0.4, 0.5) is 11.6 Å². The Bertz CT molecular complexity index is 1510. The minimum absolute atomic E-state index is 0.192. The van der Waals surface area contributed by atoms with Crippen LogP contribution in [0.25, 0.3) is 16.9 Å². The number of fused-ring (bicyclic) bond motifs is 2. The van der Waals surface area contributed by atoms with Gasteiger partial charge in [0.15, 0.2) is 17.1 Å². The van der Waals surface area contributed by atoms with E-state index >= 15 is 0 Å². The van der Waals surface area contributed by atoms with E-state index in [-0.39, 0.29) is 6.10 Å². The molecule has 1 fully saturated rings. The third-order valence-electron chi connectivity index (χ3n) is 8.13. The SMILES string of the molecule is CCC1(O)CCc2ccc(-n3c(C)cc4cnc(Nc5ccc(OC6CCN(C)CC6)c(OC)c5)nc43)nc21. The number of aliphatic hydroxyl groups is 1. The average molecular weight is 529 g/mol. The van der Waals surface area contributed by atoms with Crippen molar-refractivity contribution in [3.8, 4) is 17.3 Å². The van der Waals surface area contributed by atoms with Crippen LogP contribution in [0.1, 0.15) is 49.6 Å². The van der Waals surface area contributed by atoms with Crippen LogP contribution in [0.5, 0.6) is 11.5 Å². The molecular weight excluding hydrogens is 492 g/mol. The fourth-order valence-corrected chi connectivity index (χ4v) is 5.73. The standard InChI is InChI=1S/C30H36N6O3/c1-5-30(37)13-10-20-6-9-26(33-27(20)30)36-19(2)16-21-18-31-29(34-28(21)36)32-22-7-8-24(25(17-22)38-4)39-23-11-14-35(3)15-12-23/h6-9,16-18,23,37H,5,10-15H2,1-4H3,(H,31,32,34). The number of benzene rings is 1. The molecule has 2 aliphatic rings. The van der Waals surface area contributed by atoms with E-state index in [4.69, 9.17) is 19.4 Å². The smallest absolute Gasteiger partial charge is 0.229 e. The highest BCUT2D eigenvalue weighted by molar-refractivity contribution is 5.80. The minimum Gasteiger partial charge on any atom is -0.493 e. The summed E-state index contributed by atoms with van der Waals surface area (Å²) in [5.74, 6) is 2.63. The first-order valence-electron chi connectivity index (χ1n) is 13.8. The number of aromatic nitrogens is 4. The third-order valence-corrected chi connectivity index (χ3v) is 8.13. The summed E-state index contributed by atoms with van der Waals surface area (Å²) < 4.78 is 13.9. The van der Waals surface area contributed by atoms with Gasteiger partial charge in [-0.25, -0.2) is 9.97 Å². The summed E-state index contributed by atoms with van der Waals surface area (Å²) in [7, 11) is 3.80. The molecule has 1 atom stereocenters. The summed E-state index contributed by atoms with van der Waals surface area (Å²) in [6, 6.07) is 12.0. The van der Waals surface area contributed by atoms with Gasteiger partial charge in [-0.15, -0.1) is 0 Å². The molecule has 6 rings (SSSR count). The van der Waals surface area contributed by atoms with Gasteiger partial charge < -0.3 is 24.8 Å². The van der Waals surface area contributed by atoms with Gasteiger partial charge in [0.05, 0.1) is 12.8 Å². The number of piperidine rings is 1. The van der Waals surface area contributed by atoms with Crippen molar-refractivity contribution in [3.05, 3.63) is 59.5 Å². The zero-order valence-electron chi connectivity index (χ0n) is 23.1. The molecule has 0 saturated carbocycles. The van der Waals surface area contributed by atoms with Gasteiger partial charge in [-0.05, 0) is 75.9 Å². The Labute approximate surface area is 228 Å². The maximum absolute atomic E-state index is 11.1. The van der Waals surface area contributed by atoms with Gasteiger partial charge in [-0.1, -0.05) is 13.0 Å². The molecular formula is C30H36N6O3. The van der Waals surface area contributed by atoms with E-state index in [1.54, 1.807) is 7.11 Å². The van der Waals surface area contributed by atoms with Crippen molar-refractivity contribution in [1.29, 1.82) is 0 Å². The highest BCUT2D eigenvalue weighted by atomic mass is 16.5. The van der Waals surface area contributed by atoms with Crippen molar-refractivity contribution in [2.75, 3.05) is 32.6 Å². The number of hydrogen-bond donors (Lipinski definition) is 2. The average Bonchev–Trinajstić information content (AvgIpc) is 3.46. The molecule has 204 valence electrons. The molecule has 0 spiro atoms. The fraction of sp³-hybridized carbons (Fsp3) is 0.433. The number of nitrogens with one attached hydrogen (secondary N) is 1. The van der Waals surface area contributed by atoms with Crippen molar-refractivity contribution >= 4 is 22.7 Å². The highest BCUT2D eigenvalue weighted by Crippen LogP contribution is 2.39. The number of nitrogens with zero attached hydrogens (tertiary/aromatic N) is 5. The number of pyridine rings is 1. The predicted octanol–water partition coefficient (Wildman–Crippen LogP) is 4.89. The van der Waals surface area contributed by atoms with Crippen LogP contribution >= 0.6 is 0 Å². The third kappa shape index (κ3) is 4.81. The van der Waals surface area contributed by atoms with Crippen molar-refractivity contribution < 1.29 is 14.6 Å². The molecule has 2 N–H and O–H groups in total. The van der Waals surface area contributed by atoms with Crippen LogP contribution in [0.15, 0.2) is 42.6 Å². The number of rotatable bonds is 7. The topological polar surface area (TPSA) is 97.6 Å². The van der Waals surface area contributed by atoms with E-state index in [1.807, 2.05) is 48.9 Å². The largest absolute Gasteiger partial charge is 0.493 e. The number of ether oxygens (including phenoxy) is 2. The van der Waals surface area contributed by atoms with E-state index in [0.29, 0.717) is 24.5 Å². The van der Waals surface area contributed by atoms with E-state index < -0.39 is 5.60 Å². The molecule has 4 aromatic rings. The lowest BCUT2D eigenvalue weighted by molar-refractivity contribution is 0.0306. The Morgan fingerprint density at radius 3 is 2.69 bits per heavy atom. The Balaban J connectivity index is 1.28. The molecule has 1 saturated heterocycles. The second-order valence-electron chi connectivity index (χ2n) is 10.8. The Hall–Kier alpha value is -3.69. The Morgan fingerprint density at radius 1 is 1.10 bits per heavy atom. The van der Waals surface area contributed by atoms with Gasteiger partial charge in [-0.3, -0.25) is 4.57 Å². The van der Waals surface area contributed by atoms with Gasteiger partial charge >= 0.3 is 0 Å². The first-order valence-corrected chi connectivity index (χ1v) is 13.8. The minimum atomic E-state index is -0.869. The number of anilines is 2. The molecule has 4 heterocycles. The monoisotopic (exact) mass is 528 g/mol. The van der Waals surface area contributed by atoms with E-state index in [9.17, 15) is 5.11 Å². The van der Waals surface area contributed by atoms with Gasteiger partial charge in [0, 0.05) is 42.1 Å². The second-order valence-corrected chi connectivity index (χ2v) is 10.8. The van der Waals surface area contributed by atoms with Crippen LogP contribution in [0.3, 0.4) is 0 Å². The van der Waals surface area contributed by atoms with Gasteiger partial charge in [-0.2, -0.15) is 4.98 Å². The maximum Gasteiger partial charge on any atom is 0.229 e. The van der Waals surface area contributed by atoms with Crippen molar-refractivity contribution in [2.24, 2.45) is 0 Å². The maximum atomic E-state index is 11.1. The number of methoxy groups -OCH3 is 1. The quantitative estimate of drug-likeness (QED) is 0.350. The summed E-state index contributed by atoms with van der Waals surface area (Å²) in [6.07, 6.45) is 6.22. The van der Waals surface area contributed by atoms with E-state index in [2.05, 4.69) is 34.4 Å². The predicted molar refractivity (Wildman–Crippen MR) is 151 cm³/mol. The molecule has 39 heavy (non-hydrogen) atoms. The Morgan fingerprint density at radius 2 is 1.92 bits per heavy atom. The Kier molecular flexibility index (Phi) is 6.64. The molecule has 1 aliphatic carbocycles. The molecule has 1 aromatic carbocycles. The molecule has 9 heteroatoms. The summed E-state index contributed by atoms with van der Waals surface area (Å²) in [6.45, 7) is 6.11. The normalized spacial score (nSPS) is 19.8. The van der Waals surface area contributed by atoms with Gasteiger partial charge in [0.1, 0.15) is 17.5 Å². The van der Waals surface area contributed by atoms with E-state index in [0.717, 1.165) is 77.6 Å². The van der Waals surface area contributed by atoms with Gasteiger partial charge in [0.2, 0.25) is 5.95 Å². The summed E-state index contributed by atoms with van der Waals surface area (Å²) in [4.78, 5) is 16.7. The number of likely N-dealkylation sites (tertiary alicyclic amines) is 1. The first kappa shape index (κ1) is 25.6. The highest BCUT2D eigenvalue weighted by Gasteiger charge is 2.37. The molecule has 0 radical (unpaired) electrons. The van der Waals surface area contributed by atoms with Gasteiger partial charge in [0.25, 0.3) is 0 Å². The van der Waals surface area contributed by atoms with Crippen LogP contribution in [0.2, 0.25) is 0 Å². The summed E-state index contributed by atoms with van der Waals surface area (Å²) >= 11 is 0. The second kappa shape index (κ2) is 10.1. The molecule has 9 nitrogen and oxygen atoms in total.